The highest BCUT2D eigenvalue weighted by Crippen LogP contribution is 1.91. The number of hydrogen-bond donors (Lipinski definition) is 4. The molecule has 0 radical (unpaired) electrons. The van der Waals surface area contributed by atoms with Crippen molar-refractivity contribution in [2.24, 2.45) is 5.73 Å². The largest absolute Gasteiger partial charge is 0.481 e. The molecule has 0 aliphatic rings. The fraction of sp³-hybridized carbons (Fsp3) is 0.929. The van der Waals surface area contributed by atoms with E-state index in [1.54, 1.807) is 0 Å². The third-order valence-electron chi connectivity index (χ3n) is 2.47. The van der Waals surface area contributed by atoms with Gasteiger partial charge in [-0.2, -0.15) is 0 Å². The maximum absolute atomic E-state index is 9.00. The maximum atomic E-state index is 9.00. The van der Waals surface area contributed by atoms with Crippen molar-refractivity contribution in [2.45, 2.75) is 52.4 Å². The van der Waals surface area contributed by atoms with Crippen LogP contribution in [0.15, 0.2) is 0 Å². The van der Waals surface area contributed by atoms with Crippen LogP contribution in [-0.2, 0) is 4.79 Å². The van der Waals surface area contributed by atoms with Crippen LogP contribution >= 0.6 is 0 Å². The number of nitrogens with one attached hydrogen (secondary N) is 2. The Morgan fingerprint density at radius 3 is 1.68 bits per heavy atom. The molecule has 0 saturated heterocycles. The van der Waals surface area contributed by atoms with Gasteiger partial charge in [0.25, 0.3) is 5.97 Å². The van der Waals surface area contributed by atoms with Gasteiger partial charge in [0.1, 0.15) is 0 Å². The van der Waals surface area contributed by atoms with Crippen molar-refractivity contribution in [1.82, 2.24) is 10.6 Å². The zero-order valence-corrected chi connectivity index (χ0v) is 12.7. The van der Waals surface area contributed by atoms with Crippen molar-refractivity contribution >= 4 is 5.97 Å². The lowest BCUT2D eigenvalue weighted by atomic mass is 10.2. The second-order valence-corrected chi connectivity index (χ2v) is 4.58. The van der Waals surface area contributed by atoms with Crippen molar-refractivity contribution in [3.05, 3.63) is 0 Å². The second-order valence-electron chi connectivity index (χ2n) is 4.58. The van der Waals surface area contributed by atoms with E-state index in [1.807, 2.05) is 0 Å². The van der Waals surface area contributed by atoms with Crippen molar-refractivity contribution in [3.63, 3.8) is 0 Å². The molecule has 0 rings (SSSR count). The standard InChI is InChI=1S/C12H29N3.C2H4O2/c1-2-3-4-9-14-10-5-6-11-15-12-7-8-13;1-2(3)4/h14-15H,2-13H2,1H3;1H3,(H,3,4). The molecule has 0 aromatic heterocycles. The molecule has 0 aliphatic carbocycles. The first-order valence-electron chi connectivity index (χ1n) is 7.46. The first-order valence-corrected chi connectivity index (χ1v) is 7.46. The normalized spacial score (nSPS) is 9.84. The highest BCUT2D eigenvalue weighted by atomic mass is 16.4. The van der Waals surface area contributed by atoms with E-state index in [0.717, 1.165) is 33.0 Å². The van der Waals surface area contributed by atoms with Crippen molar-refractivity contribution in [3.8, 4) is 0 Å². The molecule has 0 aromatic rings. The van der Waals surface area contributed by atoms with E-state index in [2.05, 4.69) is 17.6 Å². The van der Waals surface area contributed by atoms with E-state index in [-0.39, 0.29) is 0 Å². The fourth-order valence-electron chi connectivity index (χ4n) is 1.48. The van der Waals surface area contributed by atoms with Gasteiger partial charge in [-0.05, 0) is 58.4 Å². The summed E-state index contributed by atoms with van der Waals surface area (Å²) < 4.78 is 0. The molecule has 0 heterocycles. The summed E-state index contributed by atoms with van der Waals surface area (Å²) in [6.45, 7) is 8.69. The average molecular weight is 275 g/mol. The van der Waals surface area contributed by atoms with Gasteiger partial charge in [0.2, 0.25) is 0 Å². The topological polar surface area (TPSA) is 87.4 Å². The molecule has 0 spiro atoms. The van der Waals surface area contributed by atoms with Gasteiger partial charge in [0, 0.05) is 6.92 Å². The van der Waals surface area contributed by atoms with Crippen molar-refractivity contribution in [2.75, 3.05) is 32.7 Å². The molecule has 116 valence electrons. The lowest BCUT2D eigenvalue weighted by molar-refractivity contribution is -0.134. The Balaban J connectivity index is 0. The molecular weight excluding hydrogens is 242 g/mol. The first kappa shape index (κ1) is 20.7. The highest BCUT2D eigenvalue weighted by Gasteiger charge is 1.90. The third kappa shape index (κ3) is 31.7. The molecule has 0 aliphatic heterocycles. The number of aliphatic carboxylic acids is 1. The molecule has 0 unspecified atom stereocenters. The van der Waals surface area contributed by atoms with E-state index in [0.29, 0.717) is 0 Å². The lowest BCUT2D eigenvalue weighted by Crippen LogP contribution is -2.21. The van der Waals surface area contributed by atoms with Crippen molar-refractivity contribution in [1.29, 1.82) is 0 Å². The molecule has 5 N–H and O–H groups in total. The summed E-state index contributed by atoms with van der Waals surface area (Å²) in [6.07, 6.45) is 7.63. The Morgan fingerprint density at radius 2 is 1.32 bits per heavy atom. The molecule has 19 heavy (non-hydrogen) atoms. The van der Waals surface area contributed by atoms with Crippen LogP contribution in [0.25, 0.3) is 0 Å². The number of carboxylic acids is 1. The van der Waals surface area contributed by atoms with Crippen LogP contribution in [0.5, 0.6) is 0 Å². The van der Waals surface area contributed by atoms with Gasteiger partial charge in [0.05, 0.1) is 0 Å². The molecular formula is C14H33N3O2. The van der Waals surface area contributed by atoms with Gasteiger partial charge in [-0.25, -0.2) is 0 Å². The summed E-state index contributed by atoms with van der Waals surface area (Å²) in [4.78, 5) is 9.00. The SMILES string of the molecule is CC(=O)O.CCCCCNCCCCNCCCN. The van der Waals surface area contributed by atoms with Gasteiger partial charge in [-0.15, -0.1) is 0 Å². The van der Waals surface area contributed by atoms with Gasteiger partial charge >= 0.3 is 0 Å². The van der Waals surface area contributed by atoms with E-state index in [9.17, 15) is 0 Å². The quantitative estimate of drug-likeness (QED) is 0.406. The first-order chi connectivity index (χ1) is 9.15. The monoisotopic (exact) mass is 275 g/mol. The highest BCUT2D eigenvalue weighted by molar-refractivity contribution is 5.62. The summed E-state index contributed by atoms with van der Waals surface area (Å²) in [5.41, 5.74) is 5.40. The minimum absolute atomic E-state index is 0.798. The van der Waals surface area contributed by atoms with E-state index in [4.69, 9.17) is 15.6 Å². The Bertz CT molecular complexity index is 162. The van der Waals surface area contributed by atoms with Crippen LogP contribution in [0.1, 0.15) is 52.4 Å². The minimum atomic E-state index is -0.833. The van der Waals surface area contributed by atoms with E-state index < -0.39 is 5.97 Å². The van der Waals surface area contributed by atoms with Crippen LogP contribution in [0.2, 0.25) is 0 Å². The molecule has 0 saturated carbocycles. The number of hydrogen-bond acceptors (Lipinski definition) is 4. The van der Waals surface area contributed by atoms with Gasteiger partial charge in [-0.3, -0.25) is 4.79 Å². The maximum Gasteiger partial charge on any atom is 0.300 e. The van der Waals surface area contributed by atoms with Crippen LogP contribution in [0.4, 0.5) is 0 Å². The van der Waals surface area contributed by atoms with E-state index >= 15 is 0 Å². The van der Waals surface area contributed by atoms with Crippen LogP contribution < -0.4 is 16.4 Å². The fourth-order valence-corrected chi connectivity index (χ4v) is 1.48. The zero-order valence-electron chi connectivity index (χ0n) is 12.7. The number of nitrogens with two attached hydrogens (primary N) is 1. The predicted molar refractivity (Wildman–Crippen MR) is 81.5 cm³/mol. The summed E-state index contributed by atoms with van der Waals surface area (Å²) in [5.74, 6) is -0.833. The molecule has 0 aromatic carbocycles. The summed E-state index contributed by atoms with van der Waals surface area (Å²) >= 11 is 0. The number of carbonyl (C=O) groups is 1. The Labute approximate surface area is 118 Å². The number of unbranched alkanes of at least 4 members (excludes halogenated alkanes) is 3. The smallest absolute Gasteiger partial charge is 0.300 e. The average Bonchev–Trinajstić information content (AvgIpc) is 2.35. The molecule has 0 bridgehead atoms. The molecule has 5 nitrogen and oxygen atoms in total. The minimum Gasteiger partial charge on any atom is -0.481 e. The zero-order chi connectivity index (χ0) is 14.8. The van der Waals surface area contributed by atoms with Gasteiger partial charge in [-0.1, -0.05) is 19.8 Å². The Kier molecular flexibility index (Phi) is 21.4. The van der Waals surface area contributed by atoms with Gasteiger partial charge in [0.15, 0.2) is 0 Å². The molecule has 0 amide bonds. The van der Waals surface area contributed by atoms with Crippen LogP contribution in [-0.4, -0.2) is 43.8 Å². The molecule has 0 fully saturated rings. The van der Waals surface area contributed by atoms with Crippen molar-refractivity contribution < 1.29 is 9.90 Å². The number of carboxylic acid groups (broad SMARTS) is 1. The summed E-state index contributed by atoms with van der Waals surface area (Å²) in [5, 5.41) is 14.3. The lowest BCUT2D eigenvalue weighted by Gasteiger charge is -2.05. The van der Waals surface area contributed by atoms with Gasteiger partial charge < -0.3 is 21.5 Å². The summed E-state index contributed by atoms with van der Waals surface area (Å²) in [7, 11) is 0. The Hall–Kier alpha value is -0.650. The van der Waals surface area contributed by atoms with Crippen LogP contribution in [0.3, 0.4) is 0 Å². The van der Waals surface area contributed by atoms with Crippen LogP contribution in [0, 0.1) is 0 Å². The summed E-state index contributed by atoms with van der Waals surface area (Å²) in [6, 6.07) is 0. The number of rotatable bonds is 12. The molecule has 5 heteroatoms. The van der Waals surface area contributed by atoms with E-state index in [1.165, 1.54) is 45.2 Å². The third-order valence-corrected chi connectivity index (χ3v) is 2.47. The predicted octanol–water partition coefficient (Wildman–Crippen LogP) is 1.58. The Morgan fingerprint density at radius 1 is 0.947 bits per heavy atom. The molecule has 0 atom stereocenters. The second kappa shape index (κ2) is 19.7.